The maximum Gasteiger partial charge on any atom is 0.224 e. The third-order valence-corrected chi connectivity index (χ3v) is 0.463. The summed E-state index contributed by atoms with van der Waals surface area (Å²) in [5.41, 5.74) is 0. The molecule has 0 aromatic carbocycles. The summed E-state index contributed by atoms with van der Waals surface area (Å²) in [5, 5.41) is 0. The van der Waals surface area contributed by atoms with Crippen molar-refractivity contribution < 1.29 is 4.79 Å². The third kappa shape index (κ3) is 4.63. The van der Waals surface area contributed by atoms with Crippen molar-refractivity contribution in [2.75, 3.05) is 0 Å². The van der Waals surface area contributed by atoms with E-state index >= 15 is 0 Å². The van der Waals surface area contributed by atoms with Gasteiger partial charge in [0.25, 0.3) is 0 Å². The lowest BCUT2D eigenvalue weighted by atomic mass is 10.9. The Morgan fingerprint density at radius 1 is 1.60 bits per heavy atom. The van der Waals surface area contributed by atoms with E-state index in [1.54, 1.807) is 6.29 Å². The molecular formula is C2HBr2O. The monoisotopic (exact) mass is 199 g/mol. The minimum Gasteiger partial charge on any atom is -0.289 e. The van der Waals surface area contributed by atoms with Crippen LogP contribution in [-0.2, 0) is 4.79 Å². The lowest BCUT2D eigenvalue weighted by Gasteiger charge is -1.71. The molecule has 0 spiro atoms. The summed E-state index contributed by atoms with van der Waals surface area (Å²) in [6, 6.07) is 0. The lowest BCUT2D eigenvalue weighted by Crippen LogP contribution is -1.79. The van der Waals surface area contributed by atoms with Crippen LogP contribution in [0, 0.1) is 0 Å². The van der Waals surface area contributed by atoms with Gasteiger partial charge in [-0.1, -0.05) is 31.9 Å². The molecule has 5 heavy (non-hydrogen) atoms. The first-order chi connectivity index (χ1) is 2.27. The second-order valence-electron chi connectivity index (χ2n) is 0.419. The zero-order valence-electron chi connectivity index (χ0n) is 2.24. The smallest absolute Gasteiger partial charge is 0.224 e. The molecule has 0 fully saturated rings. The summed E-state index contributed by atoms with van der Waals surface area (Å²) < 4.78 is -0.296. The van der Waals surface area contributed by atoms with Gasteiger partial charge in [-0.3, -0.25) is 4.79 Å². The second kappa shape index (κ2) is 2.85. The molecule has 1 radical (unpaired) electrons. The molecule has 0 rings (SSSR count). The Bertz CT molecular complexity index is 34.6. The Morgan fingerprint density at radius 2 is 1.80 bits per heavy atom. The Hall–Kier alpha value is 0.630. The Kier molecular flexibility index (Phi) is 3.20. The normalized spacial score (nSPS) is 8.60. The second-order valence-corrected chi connectivity index (χ2v) is 3.48. The lowest BCUT2D eigenvalue weighted by molar-refractivity contribution is 0.559. The van der Waals surface area contributed by atoms with E-state index in [1.165, 1.54) is 0 Å². The van der Waals surface area contributed by atoms with Crippen LogP contribution >= 0.6 is 31.9 Å². The van der Waals surface area contributed by atoms with Crippen LogP contribution in [0.2, 0.25) is 0 Å². The summed E-state index contributed by atoms with van der Waals surface area (Å²) in [5.74, 6) is 0. The summed E-state index contributed by atoms with van der Waals surface area (Å²) in [4.78, 5) is 9.29. The molecule has 0 heterocycles. The fourth-order valence-corrected chi connectivity index (χ4v) is 0. The number of alkyl halides is 2. The van der Waals surface area contributed by atoms with E-state index in [-0.39, 0.29) is 3.74 Å². The van der Waals surface area contributed by atoms with Crippen LogP contribution in [0.3, 0.4) is 0 Å². The Morgan fingerprint density at radius 3 is 1.80 bits per heavy atom. The van der Waals surface area contributed by atoms with Crippen LogP contribution in [0.5, 0.6) is 0 Å². The molecule has 29 valence electrons. The first-order valence-electron chi connectivity index (χ1n) is 0.929. The molecule has 0 aromatic rings. The van der Waals surface area contributed by atoms with Gasteiger partial charge in [-0.15, -0.1) is 0 Å². The fraction of sp³-hybridized carbons (Fsp3) is 0.500. The molecule has 0 saturated heterocycles. The highest BCUT2D eigenvalue weighted by Crippen LogP contribution is 2.01. The minimum absolute atomic E-state index is 0.296. The van der Waals surface area contributed by atoms with E-state index in [9.17, 15) is 4.79 Å². The van der Waals surface area contributed by atoms with Gasteiger partial charge in [-0.25, -0.2) is 0 Å². The van der Waals surface area contributed by atoms with Crippen molar-refractivity contribution in [2.45, 2.75) is 3.74 Å². The Labute approximate surface area is 47.0 Å². The van der Waals surface area contributed by atoms with Gasteiger partial charge in [0.15, 0.2) is 0 Å². The van der Waals surface area contributed by atoms with Crippen LogP contribution in [-0.4, -0.2) is 10.0 Å². The van der Waals surface area contributed by atoms with E-state index in [1.807, 2.05) is 0 Å². The van der Waals surface area contributed by atoms with Crippen LogP contribution < -0.4 is 0 Å². The van der Waals surface area contributed by atoms with Crippen molar-refractivity contribution in [3.63, 3.8) is 0 Å². The van der Waals surface area contributed by atoms with Crippen molar-refractivity contribution in [1.82, 2.24) is 0 Å². The molecule has 3 heteroatoms. The standard InChI is InChI=1S/C2HBr2O/c3-2(4)1-5/h2H. The van der Waals surface area contributed by atoms with Gasteiger partial charge >= 0.3 is 0 Å². The molecule has 1 nitrogen and oxygen atoms in total. The first kappa shape index (κ1) is 5.63. The largest absolute Gasteiger partial charge is 0.289 e. The molecule has 0 aliphatic rings. The summed E-state index contributed by atoms with van der Waals surface area (Å²) >= 11 is 5.73. The molecule has 0 unspecified atom stereocenters. The number of carbonyl (C=O) groups excluding carboxylic acids is 1. The van der Waals surface area contributed by atoms with Crippen molar-refractivity contribution in [3.8, 4) is 0 Å². The molecule has 0 aliphatic heterocycles. The topological polar surface area (TPSA) is 17.1 Å². The summed E-state index contributed by atoms with van der Waals surface area (Å²) in [6.07, 6.45) is 1.61. The van der Waals surface area contributed by atoms with E-state index < -0.39 is 0 Å². The summed E-state index contributed by atoms with van der Waals surface area (Å²) in [7, 11) is 0. The predicted molar refractivity (Wildman–Crippen MR) is 27.3 cm³/mol. The van der Waals surface area contributed by atoms with Crippen molar-refractivity contribution >= 4 is 38.1 Å². The van der Waals surface area contributed by atoms with Crippen LogP contribution in [0.15, 0.2) is 0 Å². The number of hydrogen-bond acceptors (Lipinski definition) is 1. The zero-order valence-corrected chi connectivity index (χ0v) is 5.41. The zero-order chi connectivity index (χ0) is 4.28. The molecule has 0 amide bonds. The van der Waals surface area contributed by atoms with Gasteiger partial charge in [0.05, 0.1) is 0 Å². The minimum atomic E-state index is -0.296. The number of hydrogen-bond donors (Lipinski definition) is 0. The Balaban J connectivity index is 2.83. The van der Waals surface area contributed by atoms with E-state index in [2.05, 4.69) is 31.9 Å². The highest BCUT2D eigenvalue weighted by Gasteiger charge is 1.87. The number of halogens is 2. The quantitative estimate of drug-likeness (QED) is 0.582. The van der Waals surface area contributed by atoms with Gasteiger partial charge in [0.1, 0.15) is 3.74 Å². The van der Waals surface area contributed by atoms with Crippen LogP contribution in [0.1, 0.15) is 0 Å². The van der Waals surface area contributed by atoms with E-state index in [0.29, 0.717) is 0 Å². The molecule has 0 atom stereocenters. The molecule has 0 bridgehead atoms. The van der Waals surface area contributed by atoms with Crippen LogP contribution in [0.4, 0.5) is 0 Å². The average molecular weight is 201 g/mol. The summed E-state index contributed by atoms with van der Waals surface area (Å²) in [6.45, 7) is 0. The highest BCUT2D eigenvalue weighted by atomic mass is 79.9. The molecular weight excluding hydrogens is 200 g/mol. The maximum atomic E-state index is 9.29. The molecule has 0 aromatic heterocycles. The molecule has 0 N–H and O–H groups in total. The van der Waals surface area contributed by atoms with Gasteiger partial charge in [-0.2, -0.15) is 0 Å². The van der Waals surface area contributed by atoms with Crippen molar-refractivity contribution in [1.29, 1.82) is 0 Å². The van der Waals surface area contributed by atoms with E-state index in [4.69, 9.17) is 0 Å². The third-order valence-electron chi connectivity index (χ3n) is 0.0891. The average Bonchev–Trinajstić information content (AvgIpc) is 1.38. The van der Waals surface area contributed by atoms with Crippen LogP contribution in [0.25, 0.3) is 0 Å². The molecule has 0 aliphatic carbocycles. The SMILES string of the molecule is O=[C]C(Br)Br. The first-order valence-corrected chi connectivity index (χ1v) is 2.76. The number of rotatable bonds is 1. The molecule has 0 saturated carbocycles. The fourth-order valence-electron chi connectivity index (χ4n) is 0. The van der Waals surface area contributed by atoms with Crippen molar-refractivity contribution in [3.05, 3.63) is 0 Å². The maximum absolute atomic E-state index is 9.29. The van der Waals surface area contributed by atoms with Gasteiger partial charge in [-0.05, 0) is 0 Å². The highest BCUT2D eigenvalue weighted by molar-refractivity contribution is 9.25. The van der Waals surface area contributed by atoms with Gasteiger partial charge < -0.3 is 0 Å². The van der Waals surface area contributed by atoms with E-state index in [0.717, 1.165) is 0 Å². The predicted octanol–water partition coefficient (Wildman–Crippen LogP) is 1.21. The van der Waals surface area contributed by atoms with Gasteiger partial charge in [0, 0.05) is 0 Å². The van der Waals surface area contributed by atoms with Crippen molar-refractivity contribution in [2.24, 2.45) is 0 Å². The van der Waals surface area contributed by atoms with Gasteiger partial charge in [0.2, 0.25) is 6.29 Å².